The molecule has 0 atom stereocenters. The maximum absolute atomic E-state index is 11.5. The molecule has 16 heavy (non-hydrogen) atoms. The molecule has 0 spiro atoms. The smallest absolute Gasteiger partial charge is 0.354 e. The predicted octanol–water partition coefficient (Wildman–Crippen LogP) is 2.12. The molecule has 0 saturated heterocycles. The van der Waals surface area contributed by atoms with Crippen LogP contribution >= 0.6 is 23.2 Å². The zero-order valence-electron chi connectivity index (χ0n) is 8.02. The van der Waals surface area contributed by atoms with Crippen molar-refractivity contribution < 1.29 is 0 Å². The lowest BCUT2D eigenvalue weighted by molar-refractivity contribution is 0.920. The van der Waals surface area contributed by atoms with Gasteiger partial charge >= 0.3 is 5.69 Å². The van der Waals surface area contributed by atoms with Gasteiger partial charge in [-0.1, -0.05) is 23.2 Å². The van der Waals surface area contributed by atoms with Crippen LogP contribution in [0.4, 0.5) is 5.82 Å². The van der Waals surface area contributed by atoms with Crippen molar-refractivity contribution in [3.05, 3.63) is 51.0 Å². The minimum Gasteiger partial charge on any atom is -0.383 e. The Kier molecular flexibility index (Phi) is 2.85. The quantitative estimate of drug-likeness (QED) is 0.850. The first kappa shape index (κ1) is 11.0. The molecular weight excluding hydrogens is 249 g/mol. The maximum Gasteiger partial charge on any atom is 0.354 e. The fourth-order valence-corrected chi connectivity index (χ4v) is 1.81. The molecule has 2 rings (SSSR count). The van der Waals surface area contributed by atoms with Gasteiger partial charge < -0.3 is 5.73 Å². The first-order valence-corrected chi connectivity index (χ1v) is 5.13. The fraction of sp³-hybridized carbons (Fsp3) is 0. The second kappa shape index (κ2) is 4.15. The molecule has 1 heterocycles. The number of rotatable bonds is 1. The number of benzene rings is 1. The van der Waals surface area contributed by atoms with E-state index in [4.69, 9.17) is 28.9 Å². The molecule has 0 saturated carbocycles. The summed E-state index contributed by atoms with van der Waals surface area (Å²) in [5, 5.41) is 0.900. The summed E-state index contributed by atoms with van der Waals surface area (Å²) < 4.78 is 1.31. The molecule has 6 heteroatoms. The van der Waals surface area contributed by atoms with Crippen molar-refractivity contribution in [2.24, 2.45) is 0 Å². The molecule has 0 bridgehead atoms. The number of aromatic nitrogens is 2. The Balaban J connectivity index is 2.63. The highest BCUT2D eigenvalue weighted by atomic mass is 35.5. The average molecular weight is 256 g/mol. The van der Waals surface area contributed by atoms with Gasteiger partial charge in [-0.05, 0) is 24.3 Å². The number of anilines is 1. The standard InChI is InChI=1S/C10H7Cl2N3O/c11-6-3-7(12)5-8(4-6)15-2-1-9(13)14-10(15)16/h1-5H,(H2,13,14,16). The molecule has 0 aliphatic heterocycles. The van der Waals surface area contributed by atoms with Gasteiger partial charge in [0.2, 0.25) is 0 Å². The van der Waals surface area contributed by atoms with Crippen LogP contribution in [0.25, 0.3) is 5.69 Å². The van der Waals surface area contributed by atoms with Gasteiger partial charge in [0.1, 0.15) is 5.82 Å². The molecule has 2 N–H and O–H groups in total. The van der Waals surface area contributed by atoms with Crippen LogP contribution in [0.2, 0.25) is 10.0 Å². The molecule has 1 aromatic heterocycles. The van der Waals surface area contributed by atoms with Crippen LogP contribution in [0.15, 0.2) is 35.3 Å². The molecule has 0 aliphatic rings. The van der Waals surface area contributed by atoms with Crippen molar-refractivity contribution in [2.45, 2.75) is 0 Å². The van der Waals surface area contributed by atoms with E-state index >= 15 is 0 Å². The third kappa shape index (κ3) is 2.18. The van der Waals surface area contributed by atoms with E-state index in [0.717, 1.165) is 0 Å². The predicted molar refractivity (Wildman–Crippen MR) is 64.3 cm³/mol. The third-order valence-electron chi connectivity index (χ3n) is 1.95. The molecule has 0 aliphatic carbocycles. The highest BCUT2D eigenvalue weighted by molar-refractivity contribution is 6.34. The monoisotopic (exact) mass is 255 g/mol. The van der Waals surface area contributed by atoms with Gasteiger partial charge in [0.05, 0.1) is 5.69 Å². The van der Waals surface area contributed by atoms with Gasteiger partial charge in [-0.15, -0.1) is 0 Å². The Morgan fingerprint density at radius 2 is 1.81 bits per heavy atom. The summed E-state index contributed by atoms with van der Waals surface area (Å²) >= 11 is 11.7. The van der Waals surface area contributed by atoms with E-state index < -0.39 is 5.69 Å². The van der Waals surface area contributed by atoms with Crippen LogP contribution in [0.3, 0.4) is 0 Å². The highest BCUT2D eigenvalue weighted by Crippen LogP contribution is 2.20. The van der Waals surface area contributed by atoms with Gasteiger partial charge in [-0.3, -0.25) is 4.57 Å². The van der Waals surface area contributed by atoms with Crippen LogP contribution in [0, 0.1) is 0 Å². The summed E-state index contributed by atoms with van der Waals surface area (Å²) in [7, 11) is 0. The summed E-state index contributed by atoms with van der Waals surface area (Å²) in [6.45, 7) is 0. The van der Waals surface area contributed by atoms with Gasteiger partial charge in [-0.2, -0.15) is 4.98 Å². The van der Waals surface area contributed by atoms with Crippen LogP contribution in [-0.2, 0) is 0 Å². The fourth-order valence-electron chi connectivity index (χ4n) is 1.29. The van der Waals surface area contributed by atoms with Gasteiger partial charge in [-0.25, -0.2) is 4.79 Å². The zero-order chi connectivity index (χ0) is 11.7. The molecule has 0 fully saturated rings. The number of halogens is 2. The van der Waals surface area contributed by atoms with Crippen molar-refractivity contribution in [1.82, 2.24) is 9.55 Å². The Morgan fingerprint density at radius 3 is 2.38 bits per heavy atom. The third-order valence-corrected chi connectivity index (χ3v) is 2.39. The van der Waals surface area contributed by atoms with Crippen molar-refractivity contribution in [1.29, 1.82) is 0 Å². The summed E-state index contributed by atoms with van der Waals surface area (Å²) in [4.78, 5) is 15.2. The maximum atomic E-state index is 11.5. The van der Waals surface area contributed by atoms with E-state index in [1.165, 1.54) is 16.8 Å². The molecule has 1 aromatic carbocycles. The van der Waals surface area contributed by atoms with Crippen molar-refractivity contribution in [3.8, 4) is 5.69 Å². The largest absolute Gasteiger partial charge is 0.383 e. The minimum absolute atomic E-state index is 0.175. The lowest BCUT2D eigenvalue weighted by atomic mass is 10.3. The second-order valence-corrected chi connectivity index (χ2v) is 4.01. The van der Waals surface area contributed by atoms with Gasteiger partial charge in [0.15, 0.2) is 0 Å². The number of nitrogens with two attached hydrogens (primary N) is 1. The average Bonchev–Trinajstić information content (AvgIpc) is 2.15. The van der Waals surface area contributed by atoms with Crippen molar-refractivity contribution in [3.63, 3.8) is 0 Å². The zero-order valence-corrected chi connectivity index (χ0v) is 9.53. The molecule has 4 nitrogen and oxygen atoms in total. The number of nitrogens with zero attached hydrogens (tertiary/aromatic N) is 2. The summed E-state index contributed by atoms with van der Waals surface area (Å²) in [5.41, 5.74) is 5.47. The normalized spacial score (nSPS) is 10.4. The van der Waals surface area contributed by atoms with Crippen LogP contribution in [0.5, 0.6) is 0 Å². The highest BCUT2D eigenvalue weighted by Gasteiger charge is 2.03. The Hall–Kier alpha value is -1.52. The van der Waals surface area contributed by atoms with E-state index in [0.29, 0.717) is 15.7 Å². The van der Waals surface area contributed by atoms with E-state index in [1.54, 1.807) is 18.2 Å². The van der Waals surface area contributed by atoms with Crippen molar-refractivity contribution in [2.75, 3.05) is 5.73 Å². The topological polar surface area (TPSA) is 60.9 Å². The summed E-state index contributed by atoms with van der Waals surface area (Å²) in [6.07, 6.45) is 1.52. The first-order valence-electron chi connectivity index (χ1n) is 4.38. The lowest BCUT2D eigenvalue weighted by Gasteiger charge is -2.05. The van der Waals surface area contributed by atoms with E-state index in [9.17, 15) is 4.79 Å². The molecular formula is C10H7Cl2N3O. The Bertz CT molecular complexity index is 575. The number of hydrogen-bond donors (Lipinski definition) is 1. The SMILES string of the molecule is Nc1ccn(-c2cc(Cl)cc(Cl)c2)c(=O)n1. The Morgan fingerprint density at radius 1 is 1.19 bits per heavy atom. The van der Waals surface area contributed by atoms with Crippen molar-refractivity contribution >= 4 is 29.0 Å². The summed E-state index contributed by atoms with van der Waals surface area (Å²) in [6, 6.07) is 6.35. The van der Waals surface area contributed by atoms with Gasteiger partial charge in [0, 0.05) is 16.2 Å². The Labute approximate surface area is 101 Å². The summed E-state index contributed by atoms with van der Waals surface area (Å²) in [5.74, 6) is 0.175. The van der Waals surface area contributed by atoms with E-state index in [-0.39, 0.29) is 5.82 Å². The second-order valence-electron chi connectivity index (χ2n) is 3.13. The van der Waals surface area contributed by atoms with Crippen LogP contribution in [-0.4, -0.2) is 9.55 Å². The first-order chi connectivity index (χ1) is 7.56. The van der Waals surface area contributed by atoms with E-state index in [1.807, 2.05) is 0 Å². The van der Waals surface area contributed by atoms with Gasteiger partial charge in [0.25, 0.3) is 0 Å². The molecule has 0 unspecified atom stereocenters. The molecule has 0 amide bonds. The van der Waals surface area contributed by atoms with E-state index in [2.05, 4.69) is 4.98 Å². The molecule has 82 valence electrons. The lowest BCUT2D eigenvalue weighted by Crippen LogP contribution is -2.21. The number of nitrogen functional groups attached to an aromatic ring is 1. The van der Waals surface area contributed by atoms with Crippen LogP contribution in [0.1, 0.15) is 0 Å². The minimum atomic E-state index is -0.474. The van der Waals surface area contributed by atoms with Crippen LogP contribution < -0.4 is 11.4 Å². The molecule has 0 radical (unpaired) electrons. The molecule has 2 aromatic rings. The number of hydrogen-bond acceptors (Lipinski definition) is 3.